The minimum absolute atomic E-state index is 0.145. The summed E-state index contributed by atoms with van der Waals surface area (Å²) in [5.74, 6) is -5.35. The summed E-state index contributed by atoms with van der Waals surface area (Å²) in [7, 11) is 0. The van der Waals surface area contributed by atoms with E-state index in [4.69, 9.17) is 1.41 Å². The molecule has 0 aliphatic carbocycles. The van der Waals surface area contributed by atoms with Gasteiger partial charge in [-0.3, -0.25) is 0 Å². The van der Waals surface area contributed by atoms with E-state index in [1.165, 1.54) is 0 Å². The molecule has 0 radical (unpaired) electrons. The second-order valence-corrected chi connectivity index (χ2v) is 1.62. The van der Waals surface area contributed by atoms with E-state index in [1.54, 1.807) is 0 Å². The molecule has 0 saturated carbocycles. The average Bonchev–Trinajstić information content (AvgIpc) is 1.97. The van der Waals surface area contributed by atoms with Crippen molar-refractivity contribution >= 4 is 0 Å². The third-order valence-corrected chi connectivity index (χ3v) is 0.947. The van der Waals surface area contributed by atoms with Gasteiger partial charge in [-0.15, -0.1) is 0 Å². The first kappa shape index (κ1) is 5.76. The molecule has 0 spiro atoms. The number of nitrogens with one attached hydrogen (secondary N) is 1. The highest BCUT2D eigenvalue weighted by atomic mass is 19.2. The summed E-state index contributed by atoms with van der Waals surface area (Å²) >= 11 is 0. The van der Waals surface area contributed by atoms with Gasteiger partial charge < -0.3 is 5.31 Å². The Hall–Kier alpha value is -1.00. The monoisotopic (exact) mass is 154 g/mol. The van der Waals surface area contributed by atoms with Gasteiger partial charge in [0.05, 0.1) is 0 Å². The fraction of sp³-hybridized carbons (Fsp3) is 0.200. The summed E-state index contributed by atoms with van der Waals surface area (Å²) in [6.45, 7) is 0. The number of hydrogen-bond acceptors (Lipinski definition) is 1. The third kappa shape index (κ3) is 0.984. The summed E-state index contributed by atoms with van der Waals surface area (Å²) in [4.78, 5) is 0. The standard InChI is InChI=1S/C5H3F4N/c6-2-1-10-5(9)4(8)3(2)7/h1,5,10H/i/hD. The predicted molar refractivity (Wildman–Crippen MR) is 26.5 cm³/mol. The molecule has 10 heavy (non-hydrogen) atoms. The van der Waals surface area contributed by atoms with Gasteiger partial charge in [0.25, 0.3) is 0 Å². The molecule has 56 valence electrons. The molecule has 1 nitrogen and oxygen atoms in total. The quantitative estimate of drug-likeness (QED) is 0.414. The molecule has 1 unspecified atom stereocenters. The maximum absolute atomic E-state index is 12.2. The number of alkyl halides is 1. The van der Waals surface area contributed by atoms with Gasteiger partial charge in [0.1, 0.15) is 0 Å². The van der Waals surface area contributed by atoms with E-state index in [-0.39, 0.29) is 11.5 Å². The molecule has 0 saturated heterocycles. The summed E-state index contributed by atoms with van der Waals surface area (Å²) in [6.07, 6.45) is -2.32. The SMILES string of the molecule is [2H]N1C=C(F)C(F)=C(F)C1F. The molecule has 0 fully saturated rings. The predicted octanol–water partition coefficient (Wildman–Crippen LogP) is 1.85. The summed E-state index contributed by atoms with van der Waals surface area (Å²) in [5, 5.41) is -0.145. The second-order valence-electron chi connectivity index (χ2n) is 1.62. The van der Waals surface area contributed by atoms with Gasteiger partial charge in [0.15, 0.2) is 18.9 Å². The van der Waals surface area contributed by atoms with Crippen molar-refractivity contribution in [2.45, 2.75) is 6.30 Å². The van der Waals surface area contributed by atoms with Crippen molar-refractivity contribution in [3.63, 3.8) is 0 Å². The lowest BCUT2D eigenvalue weighted by Crippen LogP contribution is -2.24. The molecule has 5 heteroatoms. The molecule has 0 bridgehead atoms. The van der Waals surface area contributed by atoms with Crippen LogP contribution in [-0.4, -0.2) is 6.30 Å². The molecular formula is C5H3F4N. The maximum atomic E-state index is 12.2. The van der Waals surface area contributed by atoms with Crippen LogP contribution in [0.15, 0.2) is 23.7 Å². The molecule has 1 aliphatic rings. The third-order valence-electron chi connectivity index (χ3n) is 0.947. The molecule has 1 rings (SSSR count). The van der Waals surface area contributed by atoms with Crippen LogP contribution in [-0.2, 0) is 0 Å². The molecule has 1 aliphatic heterocycles. The Kier molecular flexibility index (Phi) is 1.34. The van der Waals surface area contributed by atoms with Crippen LogP contribution in [0.5, 0.6) is 0 Å². The zero-order valence-electron chi connectivity index (χ0n) is 5.61. The minimum Gasteiger partial charge on any atom is -0.354 e. The Morgan fingerprint density at radius 1 is 1.50 bits per heavy atom. The van der Waals surface area contributed by atoms with E-state index < -0.39 is 23.8 Å². The van der Waals surface area contributed by atoms with Crippen LogP contribution in [0.1, 0.15) is 0 Å². The number of rotatable bonds is 0. The van der Waals surface area contributed by atoms with Crippen molar-refractivity contribution in [3.05, 3.63) is 23.7 Å². The van der Waals surface area contributed by atoms with Crippen molar-refractivity contribution in [1.29, 1.82) is 0 Å². The Balaban J connectivity index is 3.02. The van der Waals surface area contributed by atoms with E-state index in [0.717, 1.165) is 0 Å². The topological polar surface area (TPSA) is 12.0 Å². The van der Waals surface area contributed by atoms with Crippen LogP contribution in [0.3, 0.4) is 0 Å². The van der Waals surface area contributed by atoms with Crippen LogP contribution in [0.25, 0.3) is 0 Å². The van der Waals surface area contributed by atoms with E-state index in [2.05, 4.69) is 0 Å². The largest absolute Gasteiger partial charge is 0.354 e. The van der Waals surface area contributed by atoms with Crippen molar-refractivity contribution < 1.29 is 19.0 Å². The first-order valence-electron chi connectivity index (χ1n) is 2.83. The zero-order valence-corrected chi connectivity index (χ0v) is 4.61. The molecule has 0 aromatic carbocycles. The number of dihydropyridines is 1. The Morgan fingerprint density at radius 2 is 2.10 bits per heavy atom. The fourth-order valence-corrected chi connectivity index (χ4v) is 0.472. The normalized spacial score (nSPS) is 28.4. The number of halogens is 4. The van der Waals surface area contributed by atoms with Gasteiger partial charge in [0, 0.05) is 6.20 Å². The van der Waals surface area contributed by atoms with Crippen LogP contribution >= 0.6 is 0 Å². The summed E-state index contributed by atoms with van der Waals surface area (Å²) in [6, 6.07) is 0. The lowest BCUT2D eigenvalue weighted by molar-refractivity contribution is 0.272. The summed E-state index contributed by atoms with van der Waals surface area (Å²) < 4.78 is 55.2. The molecule has 1 atom stereocenters. The van der Waals surface area contributed by atoms with E-state index in [0.29, 0.717) is 0 Å². The van der Waals surface area contributed by atoms with Gasteiger partial charge in [-0.05, 0) is 0 Å². The molecular weight excluding hydrogens is 150 g/mol. The highest BCUT2D eigenvalue weighted by Gasteiger charge is 2.24. The van der Waals surface area contributed by atoms with Crippen molar-refractivity contribution in [1.82, 2.24) is 5.31 Å². The molecule has 0 amide bonds. The Labute approximate surface area is 55.5 Å². The lowest BCUT2D eigenvalue weighted by atomic mass is 10.3. The van der Waals surface area contributed by atoms with Crippen molar-refractivity contribution in [3.8, 4) is 0 Å². The first-order valence-corrected chi connectivity index (χ1v) is 2.38. The van der Waals surface area contributed by atoms with Crippen LogP contribution in [0, 0.1) is 0 Å². The van der Waals surface area contributed by atoms with Gasteiger partial charge in [-0.1, -0.05) is 0 Å². The summed E-state index contributed by atoms with van der Waals surface area (Å²) in [5.41, 5.74) is 0. The smallest absolute Gasteiger partial charge is 0.225 e. The molecule has 0 aromatic heterocycles. The lowest BCUT2D eigenvalue weighted by Gasteiger charge is -2.10. The second kappa shape index (κ2) is 2.32. The Morgan fingerprint density at radius 3 is 2.70 bits per heavy atom. The van der Waals surface area contributed by atoms with E-state index in [9.17, 15) is 17.6 Å². The average molecular weight is 154 g/mol. The van der Waals surface area contributed by atoms with E-state index >= 15 is 0 Å². The van der Waals surface area contributed by atoms with Crippen LogP contribution in [0.2, 0.25) is 1.41 Å². The molecule has 0 aromatic rings. The number of allylic oxidation sites excluding steroid dienone is 2. The minimum atomic E-state index is -2.55. The molecule has 1 heterocycles. The van der Waals surface area contributed by atoms with Gasteiger partial charge in [-0.25, -0.2) is 17.6 Å². The molecule has 1 N–H and O–H groups in total. The van der Waals surface area contributed by atoms with Gasteiger partial charge in [0.2, 0.25) is 6.30 Å². The highest BCUT2D eigenvalue weighted by Crippen LogP contribution is 2.24. The van der Waals surface area contributed by atoms with Gasteiger partial charge >= 0.3 is 0 Å². The zero-order chi connectivity index (χ0) is 8.59. The first-order chi connectivity index (χ1) is 5.04. The number of hydrogen-bond donors (Lipinski definition) is 1. The van der Waals surface area contributed by atoms with Crippen molar-refractivity contribution in [2.24, 2.45) is 0 Å². The Bertz CT molecular complexity index is 237. The van der Waals surface area contributed by atoms with E-state index in [1.807, 2.05) is 0 Å². The van der Waals surface area contributed by atoms with Crippen LogP contribution < -0.4 is 5.31 Å². The van der Waals surface area contributed by atoms with Crippen molar-refractivity contribution in [2.75, 3.05) is 0 Å². The van der Waals surface area contributed by atoms with Gasteiger partial charge in [-0.2, -0.15) is 0 Å². The highest BCUT2D eigenvalue weighted by molar-refractivity contribution is 5.26. The fourth-order valence-electron chi connectivity index (χ4n) is 0.472. The van der Waals surface area contributed by atoms with Crippen LogP contribution in [0.4, 0.5) is 17.6 Å². The maximum Gasteiger partial charge on any atom is 0.225 e.